The summed E-state index contributed by atoms with van der Waals surface area (Å²) in [6, 6.07) is 11.0. The van der Waals surface area contributed by atoms with E-state index in [1.54, 1.807) is 18.2 Å². The van der Waals surface area contributed by atoms with Crippen LogP contribution in [0.15, 0.2) is 51.9 Å². The van der Waals surface area contributed by atoms with Gasteiger partial charge in [0.2, 0.25) is 5.91 Å². The Balaban J connectivity index is 1.64. The van der Waals surface area contributed by atoms with E-state index in [0.717, 1.165) is 22.7 Å². The number of halogens is 1. The number of hydrogen-bond acceptors (Lipinski definition) is 4. The van der Waals surface area contributed by atoms with Gasteiger partial charge in [0.15, 0.2) is 5.65 Å². The molecule has 1 aromatic carbocycles. The van der Waals surface area contributed by atoms with Crippen molar-refractivity contribution in [3.8, 4) is 5.69 Å². The molecule has 0 fully saturated rings. The van der Waals surface area contributed by atoms with Crippen LogP contribution in [0, 0.1) is 20.8 Å². The summed E-state index contributed by atoms with van der Waals surface area (Å²) < 4.78 is 8.69. The number of benzene rings is 1. The van der Waals surface area contributed by atoms with E-state index in [9.17, 15) is 9.59 Å². The van der Waals surface area contributed by atoms with Crippen molar-refractivity contribution in [2.24, 2.45) is 0 Å². The molecule has 7 nitrogen and oxygen atoms in total. The van der Waals surface area contributed by atoms with E-state index in [1.807, 2.05) is 43.5 Å². The second-order valence-electron chi connectivity index (χ2n) is 7.19. The summed E-state index contributed by atoms with van der Waals surface area (Å²) in [7, 11) is 0. The molecule has 3 aromatic heterocycles. The van der Waals surface area contributed by atoms with Gasteiger partial charge in [0, 0.05) is 16.4 Å². The van der Waals surface area contributed by atoms with Gasteiger partial charge in [-0.25, -0.2) is 4.98 Å². The zero-order chi connectivity index (χ0) is 21.4. The number of aryl methyl sites for hydroxylation is 2. The molecule has 0 saturated heterocycles. The minimum Gasteiger partial charge on any atom is -0.465 e. The number of carbonyl (C=O) groups excluding carboxylic acids is 1. The average molecular weight is 425 g/mol. The molecular weight excluding hydrogens is 404 g/mol. The lowest BCUT2D eigenvalue weighted by molar-refractivity contribution is -0.122. The molecule has 0 aliphatic carbocycles. The molecule has 0 unspecified atom stereocenters. The second kappa shape index (κ2) is 7.84. The van der Waals surface area contributed by atoms with Crippen molar-refractivity contribution in [2.45, 2.75) is 33.9 Å². The number of furan rings is 1. The van der Waals surface area contributed by atoms with Gasteiger partial charge in [0.05, 0.1) is 11.9 Å². The van der Waals surface area contributed by atoms with Gasteiger partial charge in [-0.2, -0.15) is 0 Å². The summed E-state index contributed by atoms with van der Waals surface area (Å²) in [5.41, 5.74) is 2.91. The molecule has 0 radical (unpaired) electrons. The molecule has 1 N–H and O–H groups in total. The van der Waals surface area contributed by atoms with E-state index in [0.29, 0.717) is 21.8 Å². The maximum absolute atomic E-state index is 13.1. The van der Waals surface area contributed by atoms with E-state index in [1.165, 1.54) is 10.9 Å². The van der Waals surface area contributed by atoms with Crippen molar-refractivity contribution in [1.29, 1.82) is 0 Å². The van der Waals surface area contributed by atoms with Crippen LogP contribution in [0.3, 0.4) is 0 Å². The molecule has 0 aliphatic heterocycles. The van der Waals surface area contributed by atoms with Crippen LogP contribution in [0.2, 0.25) is 5.02 Å². The third-order valence-corrected chi connectivity index (χ3v) is 5.39. The number of fused-ring (bicyclic) bond motifs is 1. The van der Waals surface area contributed by atoms with Crippen LogP contribution in [0.1, 0.15) is 22.8 Å². The Morgan fingerprint density at radius 3 is 2.53 bits per heavy atom. The third-order valence-electron chi connectivity index (χ3n) is 5.14. The number of amides is 1. The van der Waals surface area contributed by atoms with Crippen molar-refractivity contribution in [3.05, 3.63) is 80.9 Å². The van der Waals surface area contributed by atoms with Crippen LogP contribution in [0.25, 0.3) is 16.7 Å². The van der Waals surface area contributed by atoms with E-state index < -0.39 is 0 Å². The zero-order valence-corrected chi connectivity index (χ0v) is 17.7. The first-order chi connectivity index (χ1) is 14.3. The standard InChI is InChI=1S/C22H21ClN4O3/c1-13-4-9-18(30-13)10-24-19(28)11-26-12-25-21-20(22(26)29)14(2)15(3)27(21)17-7-5-16(23)6-8-17/h4-9,12H,10-11H2,1-3H3,(H,24,28). The number of rotatable bonds is 5. The highest BCUT2D eigenvalue weighted by Crippen LogP contribution is 2.25. The fraction of sp³-hybridized carbons (Fsp3) is 0.227. The molecule has 0 aliphatic rings. The Kier molecular flexibility index (Phi) is 5.22. The summed E-state index contributed by atoms with van der Waals surface area (Å²) in [4.78, 5) is 29.9. The highest BCUT2D eigenvalue weighted by Gasteiger charge is 2.18. The molecule has 1 amide bonds. The van der Waals surface area contributed by atoms with E-state index in [4.69, 9.17) is 16.0 Å². The maximum atomic E-state index is 13.1. The molecule has 154 valence electrons. The van der Waals surface area contributed by atoms with Gasteiger partial charge >= 0.3 is 0 Å². The molecular formula is C22H21ClN4O3. The minimum absolute atomic E-state index is 0.119. The quantitative estimate of drug-likeness (QED) is 0.530. The highest BCUT2D eigenvalue weighted by atomic mass is 35.5. The topological polar surface area (TPSA) is 82.1 Å². The van der Waals surface area contributed by atoms with Gasteiger partial charge < -0.3 is 9.73 Å². The first-order valence-corrected chi connectivity index (χ1v) is 9.88. The molecule has 0 saturated carbocycles. The average Bonchev–Trinajstić information content (AvgIpc) is 3.25. The molecule has 0 spiro atoms. The van der Waals surface area contributed by atoms with Crippen LogP contribution in [0.4, 0.5) is 0 Å². The first-order valence-electron chi connectivity index (χ1n) is 9.50. The smallest absolute Gasteiger partial charge is 0.263 e. The Bertz CT molecular complexity index is 1300. The SMILES string of the molecule is Cc1ccc(CNC(=O)Cn2cnc3c(c(C)c(C)n3-c3ccc(Cl)cc3)c2=O)o1. The largest absolute Gasteiger partial charge is 0.465 e. The fourth-order valence-corrected chi connectivity index (χ4v) is 3.61. The normalized spacial score (nSPS) is 11.2. The Morgan fingerprint density at radius 2 is 1.87 bits per heavy atom. The lowest BCUT2D eigenvalue weighted by Gasteiger charge is -2.09. The van der Waals surface area contributed by atoms with Gasteiger partial charge in [-0.15, -0.1) is 0 Å². The predicted molar refractivity (Wildman–Crippen MR) is 115 cm³/mol. The monoisotopic (exact) mass is 424 g/mol. The lowest BCUT2D eigenvalue weighted by Crippen LogP contribution is -2.32. The fourth-order valence-electron chi connectivity index (χ4n) is 3.48. The molecule has 30 heavy (non-hydrogen) atoms. The summed E-state index contributed by atoms with van der Waals surface area (Å²) in [5.74, 6) is 1.15. The molecule has 0 bridgehead atoms. The lowest BCUT2D eigenvalue weighted by atomic mass is 10.2. The molecule has 0 atom stereocenters. The van der Waals surface area contributed by atoms with Crippen LogP contribution in [-0.4, -0.2) is 20.0 Å². The number of carbonyl (C=O) groups is 1. The van der Waals surface area contributed by atoms with Crippen LogP contribution >= 0.6 is 11.6 Å². The Hall–Kier alpha value is -3.32. The van der Waals surface area contributed by atoms with Gasteiger partial charge in [0.1, 0.15) is 24.4 Å². The zero-order valence-electron chi connectivity index (χ0n) is 16.9. The maximum Gasteiger partial charge on any atom is 0.263 e. The van der Waals surface area contributed by atoms with Gasteiger partial charge in [0.25, 0.3) is 5.56 Å². The van der Waals surface area contributed by atoms with E-state index in [-0.39, 0.29) is 24.6 Å². The predicted octanol–water partition coefficient (Wildman–Crippen LogP) is 3.68. The van der Waals surface area contributed by atoms with Crippen LogP contribution < -0.4 is 10.9 Å². The van der Waals surface area contributed by atoms with Gasteiger partial charge in [-0.3, -0.25) is 18.7 Å². The van der Waals surface area contributed by atoms with Crippen LogP contribution in [0.5, 0.6) is 0 Å². The first kappa shape index (κ1) is 20.0. The number of nitrogens with zero attached hydrogens (tertiary/aromatic N) is 3. The minimum atomic E-state index is -0.293. The molecule has 4 rings (SSSR count). The second-order valence-corrected chi connectivity index (χ2v) is 7.62. The number of nitrogens with one attached hydrogen (secondary N) is 1. The van der Waals surface area contributed by atoms with Crippen molar-refractivity contribution in [3.63, 3.8) is 0 Å². The van der Waals surface area contributed by atoms with Crippen molar-refractivity contribution >= 4 is 28.5 Å². The van der Waals surface area contributed by atoms with Crippen molar-refractivity contribution in [1.82, 2.24) is 19.4 Å². The molecule has 8 heteroatoms. The Labute approximate surface area is 177 Å². The van der Waals surface area contributed by atoms with Gasteiger partial charge in [-0.05, 0) is 62.7 Å². The molecule has 4 aromatic rings. The molecule has 3 heterocycles. The highest BCUT2D eigenvalue weighted by molar-refractivity contribution is 6.30. The van der Waals surface area contributed by atoms with Crippen molar-refractivity contribution in [2.75, 3.05) is 0 Å². The summed E-state index contributed by atoms with van der Waals surface area (Å²) in [6.07, 6.45) is 1.41. The number of aromatic nitrogens is 3. The van der Waals surface area contributed by atoms with Crippen molar-refractivity contribution < 1.29 is 9.21 Å². The number of hydrogen-bond donors (Lipinski definition) is 1. The van der Waals surface area contributed by atoms with E-state index in [2.05, 4.69) is 10.3 Å². The van der Waals surface area contributed by atoms with Crippen LogP contribution in [-0.2, 0) is 17.9 Å². The summed E-state index contributed by atoms with van der Waals surface area (Å²) >= 11 is 6.00. The summed E-state index contributed by atoms with van der Waals surface area (Å²) in [6.45, 7) is 5.81. The Morgan fingerprint density at radius 1 is 1.13 bits per heavy atom. The third kappa shape index (κ3) is 3.64. The van der Waals surface area contributed by atoms with Gasteiger partial charge in [-0.1, -0.05) is 11.6 Å². The van der Waals surface area contributed by atoms with E-state index >= 15 is 0 Å². The summed E-state index contributed by atoms with van der Waals surface area (Å²) in [5, 5.41) is 3.89.